The maximum absolute atomic E-state index is 6.07. The summed E-state index contributed by atoms with van der Waals surface area (Å²) in [5.74, 6) is 6.23. The highest BCUT2D eigenvalue weighted by molar-refractivity contribution is 8.06. The van der Waals surface area contributed by atoms with Gasteiger partial charge in [-0.05, 0) is 0 Å². The summed E-state index contributed by atoms with van der Waals surface area (Å²) in [6, 6.07) is 0.161. The fraction of sp³-hybridized carbons (Fsp3) is 0.818. The lowest BCUT2D eigenvalue weighted by Crippen LogP contribution is -2.27. The van der Waals surface area contributed by atoms with Crippen molar-refractivity contribution in [2.75, 3.05) is 23.0 Å². The molecule has 0 spiro atoms. The molecule has 2 aliphatic rings. The van der Waals surface area contributed by atoms with E-state index in [9.17, 15) is 0 Å². The fourth-order valence-corrected chi connectivity index (χ4v) is 6.22. The Balaban J connectivity index is 1.76. The summed E-state index contributed by atoms with van der Waals surface area (Å²) >= 11 is 5.80. The average Bonchev–Trinajstić information content (AvgIpc) is 2.98. The van der Waals surface area contributed by atoms with Crippen LogP contribution in [0.2, 0.25) is 0 Å². The van der Waals surface area contributed by atoms with Crippen molar-refractivity contribution in [2.45, 2.75) is 29.4 Å². The van der Waals surface area contributed by atoms with Gasteiger partial charge in [-0.2, -0.15) is 28.5 Å². The molecule has 0 aromatic carbocycles. The first-order valence-electron chi connectivity index (χ1n) is 6.15. The van der Waals surface area contributed by atoms with Crippen LogP contribution < -0.4 is 5.73 Å². The summed E-state index contributed by atoms with van der Waals surface area (Å²) in [5, 5.41) is 5.11. The first kappa shape index (κ1) is 13.1. The molecule has 0 amide bonds. The third kappa shape index (κ3) is 2.55. The number of rotatable bonds is 2. The van der Waals surface area contributed by atoms with E-state index in [1.165, 1.54) is 11.5 Å². The number of nitrogens with zero attached hydrogens (tertiary/aromatic N) is 2. The summed E-state index contributed by atoms with van der Waals surface area (Å²) in [4.78, 5) is 4.61. The molecule has 1 aromatic heterocycles. The van der Waals surface area contributed by atoms with Gasteiger partial charge in [0.1, 0.15) is 0 Å². The van der Waals surface area contributed by atoms with Gasteiger partial charge in [-0.25, -0.2) is 0 Å². The number of nitrogens with two attached hydrogens (primary N) is 1. The molecule has 2 saturated heterocycles. The molecular formula is C11H17N3OS3. The van der Waals surface area contributed by atoms with Crippen molar-refractivity contribution in [1.82, 2.24) is 10.1 Å². The van der Waals surface area contributed by atoms with Gasteiger partial charge in [0.25, 0.3) is 0 Å². The molecule has 2 fully saturated rings. The van der Waals surface area contributed by atoms with E-state index >= 15 is 0 Å². The van der Waals surface area contributed by atoms with Crippen LogP contribution in [0.1, 0.15) is 29.8 Å². The topological polar surface area (TPSA) is 64.9 Å². The Hall–Kier alpha value is 0.150. The van der Waals surface area contributed by atoms with Gasteiger partial charge in [0, 0.05) is 34.3 Å². The maximum Gasteiger partial charge on any atom is 0.232 e. The highest BCUT2D eigenvalue weighted by Gasteiger charge is 2.33. The zero-order chi connectivity index (χ0) is 12.5. The Labute approximate surface area is 120 Å². The van der Waals surface area contributed by atoms with Gasteiger partial charge in [-0.15, -0.1) is 11.8 Å². The van der Waals surface area contributed by atoms with Crippen LogP contribution in [0, 0.1) is 0 Å². The summed E-state index contributed by atoms with van der Waals surface area (Å²) in [5.41, 5.74) is 6.07. The summed E-state index contributed by atoms with van der Waals surface area (Å²) < 4.78 is 5.44. The predicted octanol–water partition coefficient (Wildman–Crippen LogP) is 2.14. The summed E-state index contributed by atoms with van der Waals surface area (Å²) in [7, 11) is 0. The van der Waals surface area contributed by atoms with Crippen molar-refractivity contribution in [1.29, 1.82) is 0 Å². The van der Waals surface area contributed by atoms with Crippen molar-refractivity contribution in [3.63, 3.8) is 0 Å². The SMILES string of the molecule is CC1SCCSC1c1noc(C2CSCC2N)n1. The lowest BCUT2D eigenvalue weighted by molar-refractivity contribution is 0.348. The van der Waals surface area contributed by atoms with E-state index in [0.29, 0.717) is 10.5 Å². The van der Waals surface area contributed by atoms with Crippen molar-refractivity contribution >= 4 is 35.3 Å². The minimum absolute atomic E-state index is 0.161. The highest BCUT2D eigenvalue weighted by atomic mass is 32.2. The Bertz CT molecular complexity index is 414. The second-order valence-corrected chi connectivity index (χ2v) is 8.48. The normalized spacial score (nSPS) is 37.0. The quantitative estimate of drug-likeness (QED) is 0.898. The van der Waals surface area contributed by atoms with Crippen LogP contribution in [0.15, 0.2) is 4.52 Å². The van der Waals surface area contributed by atoms with Gasteiger partial charge in [0.2, 0.25) is 5.89 Å². The van der Waals surface area contributed by atoms with Gasteiger partial charge in [0.15, 0.2) is 5.82 Å². The minimum Gasteiger partial charge on any atom is -0.339 e. The van der Waals surface area contributed by atoms with Crippen LogP contribution in [-0.2, 0) is 0 Å². The largest absolute Gasteiger partial charge is 0.339 e. The fourth-order valence-electron chi connectivity index (χ4n) is 2.26. The Morgan fingerprint density at radius 1 is 1.28 bits per heavy atom. The molecule has 0 aliphatic carbocycles. The van der Waals surface area contributed by atoms with E-state index in [1.807, 2.05) is 35.3 Å². The lowest BCUT2D eigenvalue weighted by Gasteiger charge is -2.24. The monoisotopic (exact) mass is 303 g/mol. The van der Waals surface area contributed by atoms with Crippen LogP contribution >= 0.6 is 35.3 Å². The Morgan fingerprint density at radius 2 is 2.11 bits per heavy atom. The van der Waals surface area contributed by atoms with Gasteiger partial charge in [-0.3, -0.25) is 0 Å². The Kier molecular flexibility index (Phi) is 4.12. The van der Waals surface area contributed by atoms with E-state index in [2.05, 4.69) is 17.1 Å². The predicted molar refractivity (Wildman–Crippen MR) is 79.5 cm³/mol. The minimum atomic E-state index is 0.161. The molecule has 7 heteroatoms. The lowest BCUT2D eigenvalue weighted by atomic mass is 10.1. The summed E-state index contributed by atoms with van der Waals surface area (Å²) in [6.07, 6.45) is 0. The standard InChI is InChI=1S/C11H17N3OS3/c1-6-9(18-3-2-17-6)10-13-11(15-14-10)7-4-16-5-8(7)12/h6-9H,2-5,12H2,1H3. The van der Waals surface area contributed by atoms with Gasteiger partial charge in [0.05, 0.1) is 11.2 Å². The van der Waals surface area contributed by atoms with Crippen molar-refractivity contribution in [2.24, 2.45) is 5.73 Å². The molecular weight excluding hydrogens is 286 g/mol. The molecule has 0 saturated carbocycles. The van der Waals surface area contributed by atoms with E-state index in [0.717, 1.165) is 23.2 Å². The first-order chi connectivity index (χ1) is 8.75. The number of thioether (sulfide) groups is 3. The molecule has 18 heavy (non-hydrogen) atoms. The average molecular weight is 303 g/mol. The molecule has 3 heterocycles. The molecule has 3 rings (SSSR count). The van der Waals surface area contributed by atoms with E-state index in [-0.39, 0.29) is 12.0 Å². The molecule has 100 valence electrons. The number of hydrogen-bond acceptors (Lipinski definition) is 7. The number of aromatic nitrogens is 2. The molecule has 4 nitrogen and oxygen atoms in total. The van der Waals surface area contributed by atoms with Crippen molar-refractivity contribution in [3.05, 3.63) is 11.7 Å². The van der Waals surface area contributed by atoms with E-state index < -0.39 is 0 Å². The van der Waals surface area contributed by atoms with E-state index in [1.54, 1.807) is 0 Å². The second-order valence-electron chi connectivity index (χ2n) is 4.67. The van der Waals surface area contributed by atoms with Crippen LogP contribution in [0.25, 0.3) is 0 Å². The van der Waals surface area contributed by atoms with Crippen molar-refractivity contribution < 1.29 is 4.52 Å². The Morgan fingerprint density at radius 3 is 2.83 bits per heavy atom. The number of hydrogen-bond donors (Lipinski definition) is 1. The third-order valence-corrected chi connectivity index (χ3v) is 7.64. The molecule has 0 radical (unpaired) electrons. The van der Waals surface area contributed by atoms with Crippen LogP contribution in [-0.4, -0.2) is 44.4 Å². The summed E-state index contributed by atoms with van der Waals surface area (Å²) in [6.45, 7) is 2.24. The van der Waals surface area contributed by atoms with Gasteiger partial charge >= 0.3 is 0 Å². The van der Waals surface area contributed by atoms with Crippen LogP contribution in [0.5, 0.6) is 0 Å². The highest BCUT2D eigenvalue weighted by Crippen LogP contribution is 2.41. The zero-order valence-electron chi connectivity index (χ0n) is 10.2. The molecule has 4 atom stereocenters. The second kappa shape index (κ2) is 5.64. The third-order valence-electron chi connectivity index (χ3n) is 3.34. The smallest absolute Gasteiger partial charge is 0.232 e. The molecule has 1 aromatic rings. The molecule has 2 N–H and O–H groups in total. The van der Waals surface area contributed by atoms with Gasteiger partial charge < -0.3 is 10.3 Å². The van der Waals surface area contributed by atoms with Crippen LogP contribution in [0.3, 0.4) is 0 Å². The first-order valence-corrected chi connectivity index (χ1v) is 9.41. The van der Waals surface area contributed by atoms with E-state index in [4.69, 9.17) is 10.3 Å². The van der Waals surface area contributed by atoms with Crippen LogP contribution in [0.4, 0.5) is 0 Å². The van der Waals surface area contributed by atoms with Crippen molar-refractivity contribution in [3.8, 4) is 0 Å². The molecule has 0 bridgehead atoms. The zero-order valence-corrected chi connectivity index (χ0v) is 12.7. The maximum atomic E-state index is 6.07. The van der Waals surface area contributed by atoms with Gasteiger partial charge in [-0.1, -0.05) is 12.1 Å². The molecule has 4 unspecified atom stereocenters. The molecule has 2 aliphatic heterocycles.